The number of rotatable bonds is 12. The number of amides is 1. The van der Waals surface area contributed by atoms with Crippen molar-refractivity contribution < 1.29 is 50.5 Å². The van der Waals surface area contributed by atoms with E-state index >= 15 is 0 Å². The van der Waals surface area contributed by atoms with Crippen LogP contribution in [0.15, 0.2) is 42.7 Å². The van der Waals surface area contributed by atoms with Crippen molar-refractivity contribution in [3.8, 4) is 5.88 Å². The van der Waals surface area contributed by atoms with Crippen molar-refractivity contribution in [1.82, 2.24) is 15.0 Å². The lowest BCUT2D eigenvalue weighted by atomic mass is 9.92. The first-order valence-electron chi connectivity index (χ1n) is 15.3. The molecule has 1 aliphatic heterocycles. The predicted molar refractivity (Wildman–Crippen MR) is 167 cm³/mol. The number of ether oxygens (including phenoxy) is 2. The van der Waals surface area contributed by atoms with Crippen LogP contribution >= 0.6 is 0 Å². The monoisotopic (exact) mass is 698 g/mol. The second-order valence-electron chi connectivity index (χ2n) is 11.6. The van der Waals surface area contributed by atoms with Gasteiger partial charge < -0.3 is 24.4 Å². The number of pyridine rings is 1. The molecule has 49 heavy (non-hydrogen) atoms. The van der Waals surface area contributed by atoms with Crippen LogP contribution < -0.4 is 19.4 Å². The maximum atomic E-state index is 13.8. The summed E-state index contributed by atoms with van der Waals surface area (Å²) >= 11 is 0. The number of carboxylic acid groups (broad SMARTS) is 1. The molecule has 1 aliphatic rings. The summed E-state index contributed by atoms with van der Waals surface area (Å²) in [6.45, 7) is 1.28. The molecule has 1 N–H and O–H groups in total. The summed E-state index contributed by atoms with van der Waals surface area (Å²) in [7, 11) is 4.86. The van der Waals surface area contributed by atoms with E-state index in [1.165, 1.54) is 35.4 Å². The Balaban J connectivity index is 1.83. The predicted octanol–water partition coefficient (Wildman–Crippen LogP) is 7.11. The minimum absolute atomic E-state index is 0.00134. The molecule has 0 saturated heterocycles. The molecule has 3 aromatic rings. The highest BCUT2D eigenvalue weighted by atomic mass is 19.4. The van der Waals surface area contributed by atoms with E-state index in [0.717, 1.165) is 0 Å². The summed E-state index contributed by atoms with van der Waals surface area (Å²) < 4.78 is 93.8. The smallest absolute Gasteiger partial charge is 0.416 e. The third-order valence-electron chi connectivity index (χ3n) is 7.97. The molecule has 1 amide bonds. The SMILES string of the molecule is CC[C@@H]1CC(N(Cc2cc(C(F)(F)F)cc(C(F)(F)F)c2)c2ncc(N(C)C)cn2)c2nc(OC)ccc2N1C(=O)OCCCCC(=O)O. The van der Waals surface area contributed by atoms with Crippen molar-refractivity contribution in [2.24, 2.45) is 0 Å². The van der Waals surface area contributed by atoms with Gasteiger partial charge in [0.1, 0.15) is 0 Å². The number of anilines is 3. The molecule has 0 saturated carbocycles. The zero-order valence-electron chi connectivity index (χ0n) is 27.2. The van der Waals surface area contributed by atoms with Crippen LogP contribution in [0.1, 0.15) is 67.5 Å². The molecule has 1 unspecified atom stereocenters. The first-order chi connectivity index (χ1) is 23.0. The summed E-state index contributed by atoms with van der Waals surface area (Å²) in [5, 5.41) is 8.88. The molecule has 11 nitrogen and oxygen atoms in total. The largest absolute Gasteiger partial charge is 0.481 e. The fraction of sp³-hybridized carbons (Fsp3) is 0.469. The van der Waals surface area contributed by atoms with Crippen molar-refractivity contribution in [2.45, 2.75) is 70.0 Å². The quantitative estimate of drug-likeness (QED) is 0.155. The number of alkyl halides is 6. The minimum Gasteiger partial charge on any atom is -0.481 e. The number of aliphatic carboxylic acids is 1. The Morgan fingerprint density at radius 1 is 1.00 bits per heavy atom. The van der Waals surface area contributed by atoms with Crippen LogP contribution in [0.4, 0.5) is 48.5 Å². The van der Waals surface area contributed by atoms with Crippen molar-refractivity contribution >= 4 is 29.4 Å². The van der Waals surface area contributed by atoms with Gasteiger partial charge in [-0.1, -0.05) is 6.92 Å². The molecule has 4 rings (SSSR count). The molecule has 1 aromatic carbocycles. The number of carboxylic acids is 1. The van der Waals surface area contributed by atoms with Gasteiger partial charge in [0.2, 0.25) is 11.8 Å². The lowest BCUT2D eigenvalue weighted by Crippen LogP contribution is -2.48. The van der Waals surface area contributed by atoms with Gasteiger partial charge in [-0.25, -0.2) is 19.7 Å². The molecular formula is C32H36F6N6O5. The van der Waals surface area contributed by atoms with Gasteiger partial charge in [-0.05, 0) is 55.5 Å². The van der Waals surface area contributed by atoms with Gasteiger partial charge >= 0.3 is 24.4 Å². The molecule has 0 spiro atoms. The van der Waals surface area contributed by atoms with Crippen LogP contribution in [0.2, 0.25) is 0 Å². The standard InChI is InChI=1S/C32H36F6N6O5/c1-5-22-15-25(28-24(9-10-26(41-28)48-4)44(22)30(47)49-11-7-6-8-27(45)46)43(29-39-16-23(17-40-29)42(2)3)18-19-12-20(31(33,34)35)14-21(13-19)32(36,37)38/h9-10,12-14,16-17,22,25H,5-8,11,15,18H2,1-4H3,(H,45,46)/t22-,25?/m1/s1. The second kappa shape index (κ2) is 15.2. The van der Waals surface area contributed by atoms with E-state index in [2.05, 4.69) is 15.0 Å². The number of hydrogen-bond donors (Lipinski definition) is 1. The zero-order valence-corrected chi connectivity index (χ0v) is 27.2. The van der Waals surface area contributed by atoms with E-state index < -0.39 is 54.2 Å². The number of unbranched alkanes of at least 4 members (excludes halogenated alkanes) is 1. The molecule has 2 atom stereocenters. The molecule has 2 aromatic heterocycles. The number of halogens is 6. The Kier molecular flexibility index (Phi) is 11.4. The number of fused-ring (bicyclic) bond motifs is 1. The number of carbonyl (C=O) groups is 2. The Hall–Kier alpha value is -4.83. The van der Waals surface area contributed by atoms with E-state index in [4.69, 9.17) is 14.6 Å². The molecule has 3 heterocycles. The lowest BCUT2D eigenvalue weighted by Gasteiger charge is -2.43. The van der Waals surface area contributed by atoms with Gasteiger partial charge in [-0.2, -0.15) is 26.3 Å². The highest BCUT2D eigenvalue weighted by Crippen LogP contribution is 2.44. The number of aromatic nitrogens is 3. The number of carbonyl (C=O) groups excluding carboxylic acids is 1. The van der Waals surface area contributed by atoms with Gasteiger partial charge in [-0.3, -0.25) is 9.69 Å². The highest BCUT2D eigenvalue weighted by molar-refractivity contribution is 5.90. The Bertz CT molecular complexity index is 1590. The topological polar surface area (TPSA) is 121 Å². The Morgan fingerprint density at radius 3 is 2.16 bits per heavy atom. The van der Waals surface area contributed by atoms with E-state index in [0.29, 0.717) is 37.1 Å². The van der Waals surface area contributed by atoms with Crippen molar-refractivity contribution in [1.29, 1.82) is 0 Å². The fourth-order valence-corrected chi connectivity index (χ4v) is 5.48. The normalized spacial score (nSPS) is 16.2. The molecule has 17 heteroatoms. The van der Waals surface area contributed by atoms with Gasteiger partial charge in [0.25, 0.3) is 0 Å². The summed E-state index contributed by atoms with van der Waals surface area (Å²) in [5.41, 5.74) is -2.12. The molecule has 0 bridgehead atoms. The molecular weight excluding hydrogens is 662 g/mol. The third-order valence-corrected chi connectivity index (χ3v) is 7.97. The zero-order chi connectivity index (χ0) is 36.1. The number of benzene rings is 1. The lowest BCUT2D eigenvalue weighted by molar-refractivity contribution is -0.143. The number of nitrogens with zero attached hydrogens (tertiary/aromatic N) is 6. The minimum atomic E-state index is -5.06. The van der Waals surface area contributed by atoms with Gasteiger partial charge in [-0.15, -0.1) is 0 Å². The summed E-state index contributed by atoms with van der Waals surface area (Å²) in [4.78, 5) is 42.3. The van der Waals surface area contributed by atoms with Crippen LogP contribution in [0.3, 0.4) is 0 Å². The van der Waals surface area contributed by atoms with Crippen LogP contribution in [0, 0.1) is 0 Å². The van der Waals surface area contributed by atoms with Crippen LogP contribution in [0.5, 0.6) is 5.88 Å². The average molecular weight is 699 g/mol. The molecule has 0 fully saturated rings. The summed E-state index contributed by atoms with van der Waals surface area (Å²) in [6.07, 6.45) is -6.89. The number of methoxy groups -OCH3 is 1. The van der Waals surface area contributed by atoms with E-state index in [1.807, 2.05) is 6.92 Å². The third kappa shape index (κ3) is 9.00. The van der Waals surface area contributed by atoms with Crippen LogP contribution in [-0.4, -0.2) is 66.0 Å². The van der Waals surface area contributed by atoms with Gasteiger partial charge in [0.05, 0.1) is 60.3 Å². The van der Waals surface area contributed by atoms with E-state index in [9.17, 15) is 35.9 Å². The summed E-state index contributed by atoms with van der Waals surface area (Å²) in [6, 6.07) is 3.04. The first-order valence-corrected chi connectivity index (χ1v) is 15.3. The maximum Gasteiger partial charge on any atom is 0.416 e. The van der Waals surface area contributed by atoms with E-state index in [-0.39, 0.29) is 54.3 Å². The first kappa shape index (κ1) is 37.0. The summed E-state index contributed by atoms with van der Waals surface area (Å²) in [5.74, 6) is -0.831. The van der Waals surface area contributed by atoms with E-state index in [1.54, 1.807) is 25.1 Å². The van der Waals surface area contributed by atoms with Crippen molar-refractivity contribution in [2.75, 3.05) is 42.5 Å². The highest BCUT2D eigenvalue weighted by Gasteiger charge is 2.42. The number of hydrogen-bond acceptors (Lipinski definition) is 9. The Morgan fingerprint density at radius 2 is 1.63 bits per heavy atom. The second-order valence-corrected chi connectivity index (χ2v) is 11.6. The fourth-order valence-electron chi connectivity index (χ4n) is 5.48. The van der Waals surface area contributed by atoms with Crippen LogP contribution in [-0.2, 0) is 28.4 Å². The molecule has 0 aliphatic carbocycles. The average Bonchev–Trinajstić information content (AvgIpc) is 3.05. The van der Waals surface area contributed by atoms with Gasteiger partial charge in [0.15, 0.2) is 0 Å². The van der Waals surface area contributed by atoms with Crippen molar-refractivity contribution in [3.05, 3.63) is 65.1 Å². The Labute approximate surface area is 278 Å². The molecule has 0 radical (unpaired) electrons. The van der Waals surface area contributed by atoms with Crippen molar-refractivity contribution in [3.63, 3.8) is 0 Å². The maximum absolute atomic E-state index is 13.8. The van der Waals surface area contributed by atoms with Crippen LogP contribution in [0.25, 0.3) is 0 Å². The van der Waals surface area contributed by atoms with Gasteiger partial charge in [0, 0.05) is 39.2 Å². The molecule has 266 valence electrons.